The van der Waals surface area contributed by atoms with E-state index in [0.717, 1.165) is 33.6 Å². The Bertz CT molecular complexity index is 1050. The van der Waals surface area contributed by atoms with Gasteiger partial charge in [-0.05, 0) is 30.7 Å². The smallest absolute Gasteiger partial charge is 0.192 e. The van der Waals surface area contributed by atoms with E-state index in [0.29, 0.717) is 6.54 Å². The first-order valence-electron chi connectivity index (χ1n) is 8.26. The van der Waals surface area contributed by atoms with Gasteiger partial charge in [0.1, 0.15) is 5.65 Å². The SMILES string of the molecule is C=CCn1c(SCc2cn3cc(C)ccc3n2)nnc1-c1ccncc1. The predicted molar refractivity (Wildman–Crippen MR) is 103 cm³/mol. The van der Waals surface area contributed by atoms with E-state index >= 15 is 0 Å². The number of nitrogens with zero attached hydrogens (tertiary/aromatic N) is 6. The molecule has 7 heteroatoms. The summed E-state index contributed by atoms with van der Waals surface area (Å²) in [5.41, 5.74) is 4.17. The molecule has 0 radical (unpaired) electrons. The van der Waals surface area contributed by atoms with Gasteiger partial charge in [-0.1, -0.05) is 23.9 Å². The molecule has 0 aromatic carbocycles. The van der Waals surface area contributed by atoms with Gasteiger partial charge in [0.2, 0.25) is 0 Å². The molecule has 0 unspecified atom stereocenters. The molecular weight excluding hydrogens is 344 g/mol. The van der Waals surface area contributed by atoms with Gasteiger partial charge in [0.15, 0.2) is 11.0 Å². The molecule has 4 aromatic rings. The molecule has 0 aliphatic heterocycles. The Balaban J connectivity index is 1.59. The Morgan fingerprint density at radius 3 is 2.77 bits per heavy atom. The van der Waals surface area contributed by atoms with Crippen molar-refractivity contribution in [1.29, 1.82) is 0 Å². The van der Waals surface area contributed by atoms with Crippen LogP contribution < -0.4 is 0 Å². The third-order valence-corrected chi connectivity index (χ3v) is 4.97. The van der Waals surface area contributed by atoms with Crippen molar-refractivity contribution in [3.8, 4) is 11.4 Å². The van der Waals surface area contributed by atoms with Crippen LogP contribution in [0.5, 0.6) is 0 Å². The van der Waals surface area contributed by atoms with E-state index in [4.69, 9.17) is 0 Å². The summed E-state index contributed by atoms with van der Waals surface area (Å²) < 4.78 is 4.12. The number of allylic oxidation sites excluding steroid dienone is 1. The monoisotopic (exact) mass is 362 g/mol. The molecule has 4 heterocycles. The molecule has 0 saturated heterocycles. The summed E-state index contributed by atoms with van der Waals surface area (Å²) >= 11 is 1.63. The number of aromatic nitrogens is 6. The highest BCUT2D eigenvalue weighted by Gasteiger charge is 2.14. The van der Waals surface area contributed by atoms with Gasteiger partial charge >= 0.3 is 0 Å². The highest BCUT2D eigenvalue weighted by molar-refractivity contribution is 7.98. The van der Waals surface area contributed by atoms with Crippen LogP contribution in [0.15, 0.2) is 66.9 Å². The van der Waals surface area contributed by atoms with Crippen molar-refractivity contribution in [1.82, 2.24) is 29.1 Å². The first-order chi connectivity index (χ1) is 12.7. The summed E-state index contributed by atoms with van der Waals surface area (Å²) in [5, 5.41) is 9.58. The predicted octanol–water partition coefficient (Wildman–Crippen LogP) is 3.77. The summed E-state index contributed by atoms with van der Waals surface area (Å²) in [6.45, 7) is 6.58. The number of rotatable bonds is 6. The lowest BCUT2D eigenvalue weighted by Crippen LogP contribution is -2.00. The number of hydrogen-bond donors (Lipinski definition) is 0. The standard InChI is InChI=1S/C19H18N6S/c1-3-10-25-18(15-6-8-20-9-7-15)22-23-19(25)26-13-16-12-24-11-14(2)4-5-17(24)21-16/h3-9,11-12H,1,10,13H2,2H3. The van der Waals surface area contributed by atoms with Gasteiger partial charge in [0.25, 0.3) is 0 Å². The second-order valence-electron chi connectivity index (χ2n) is 5.93. The lowest BCUT2D eigenvalue weighted by molar-refractivity contribution is 0.731. The van der Waals surface area contributed by atoms with Crippen LogP contribution in [0.1, 0.15) is 11.3 Å². The average molecular weight is 362 g/mol. The Labute approximate surface area is 155 Å². The van der Waals surface area contributed by atoms with Crippen molar-refractivity contribution in [2.75, 3.05) is 0 Å². The molecule has 26 heavy (non-hydrogen) atoms. The van der Waals surface area contributed by atoms with E-state index in [1.165, 1.54) is 5.56 Å². The molecule has 0 aliphatic carbocycles. The number of aryl methyl sites for hydroxylation is 1. The molecule has 0 bridgehead atoms. The van der Waals surface area contributed by atoms with Crippen LogP contribution in [0.25, 0.3) is 17.0 Å². The van der Waals surface area contributed by atoms with Gasteiger partial charge in [-0.2, -0.15) is 0 Å². The molecular formula is C19H18N6S. The first kappa shape index (κ1) is 16.5. The van der Waals surface area contributed by atoms with Crippen LogP contribution in [0.2, 0.25) is 0 Å². The average Bonchev–Trinajstić information content (AvgIpc) is 3.24. The summed E-state index contributed by atoms with van der Waals surface area (Å²) in [6, 6.07) is 7.97. The van der Waals surface area contributed by atoms with E-state index in [9.17, 15) is 0 Å². The topological polar surface area (TPSA) is 60.9 Å². The molecule has 4 rings (SSSR count). The lowest BCUT2D eigenvalue weighted by Gasteiger charge is -2.06. The molecule has 0 aliphatic rings. The third-order valence-electron chi connectivity index (χ3n) is 3.97. The zero-order valence-electron chi connectivity index (χ0n) is 14.4. The van der Waals surface area contributed by atoms with Gasteiger partial charge in [0.05, 0.1) is 5.69 Å². The maximum Gasteiger partial charge on any atom is 0.192 e. The number of hydrogen-bond acceptors (Lipinski definition) is 5. The first-order valence-corrected chi connectivity index (χ1v) is 9.24. The van der Waals surface area contributed by atoms with E-state index in [-0.39, 0.29) is 0 Å². The number of pyridine rings is 2. The summed E-state index contributed by atoms with van der Waals surface area (Å²) in [7, 11) is 0. The number of imidazole rings is 1. The van der Waals surface area contributed by atoms with E-state index in [2.05, 4.69) is 61.1 Å². The van der Waals surface area contributed by atoms with Crippen molar-refractivity contribution in [2.45, 2.75) is 24.4 Å². The Morgan fingerprint density at radius 2 is 1.96 bits per heavy atom. The minimum atomic E-state index is 0.650. The Hall–Kier alpha value is -2.93. The van der Waals surface area contributed by atoms with Gasteiger partial charge in [-0.3, -0.25) is 9.55 Å². The zero-order valence-corrected chi connectivity index (χ0v) is 15.2. The summed E-state index contributed by atoms with van der Waals surface area (Å²) in [5.74, 6) is 1.55. The Morgan fingerprint density at radius 1 is 1.12 bits per heavy atom. The number of thioether (sulfide) groups is 1. The molecule has 0 saturated carbocycles. The molecule has 0 spiro atoms. The van der Waals surface area contributed by atoms with E-state index < -0.39 is 0 Å². The van der Waals surface area contributed by atoms with Crippen LogP contribution in [0.4, 0.5) is 0 Å². The Kier molecular flexibility index (Phi) is 4.53. The molecule has 6 nitrogen and oxygen atoms in total. The van der Waals surface area contributed by atoms with Gasteiger partial charge < -0.3 is 4.40 Å². The minimum absolute atomic E-state index is 0.650. The van der Waals surface area contributed by atoms with Crippen molar-refractivity contribution in [3.05, 3.63) is 73.0 Å². The normalized spacial score (nSPS) is 11.1. The van der Waals surface area contributed by atoms with Gasteiger partial charge in [-0.15, -0.1) is 16.8 Å². The van der Waals surface area contributed by atoms with Crippen LogP contribution >= 0.6 is 11.8 Å². The second kappa shape index (κ2) is 7.13. The molecule has 0 N–H and O–H groups in total. The molecule has 130 valence electrons. The van der Waals surface area contributed by atoms with E-state index in [1.807, 2.05) is 24.3 Å². The zero-order chi connectivity index (χ0) is 17.9. The molecule has 0 fully saturated rings. The highest BCUT2D eigenvalue weighted by Crippen LogP contribution is 2.26. The minimum Gasteiger partial charge on any atom is -0.307 e. The van der Waals surface area contributed by atoms with Gasteiger partial charge in [-0.25, -0.2) is 4.98 Å². The summed E-state index contributed by atoms with van der Waals surface area (Å²) in [6.07, 6.45) is 9.51. The van der Waals surface area contributed by atoms with Crippen molar-refractivity contribution in [2.24, 2.45) is 0 Å². The highest BCUT2D eigenvalue weighted by atomic mass is 32.2. The van der Waals surface area contributed by atoms with Crippen LogP contribution in [-0.2, 0) is 12.3 Å². The van der Waals surface area contributed by atoms with Crippen molar-refractivity contribution in [3.63, 3.8) is 0 Å². The third kappa shape index (κ3) is 3.25. The van der Waals surface area contributed by atoms with Gasteiger partial charge in [0, 0.05) is 42.6 Å². The van der Waals surface area contributed by atoms with Crippen molar-refractivity contribution >= 4 is 17.4 Å². The largest absolute Gasteiger partial charge is 0.307 e. The molecule has 0 atom stereocenters. The fraction of sp³-hybridized carbons (Fsp3) is 0.158. The molecule has 4 aromatic heterocycles. The van der Waals surface area contributed by atoms with Crippen molar-refractivity contribution < 1.29 is 0 Å². The number of fused-ring (bicyclic) bond motifs is 1. The molecule has 0 amide bonds. The fourth-order valence-electron chi connectivity index (χ4n) is 2.77. The second-order valence-corrected chi connectivity index (χ2v) is 6.88. The van der Waals surface area contributed by atoms with Crippen LogP contribution in [0, 0.1) is 6.92 Å². The fourth-order valence-corrected chi connectivity index (χ4v) is 3.60. The van der Waals surface area contributed by atoms with Crippen LogP contribution in [0.3, 0.4) is 0 Å². The maximum atomic E-state index is 4.67. The lowest BCUT2D eigenvalue weighted by atomic mass is 10.2. The van der Waals surface area contributed by atoms with Crippen LogP contribution in [-0.4, -0.2) is 29.1 Å². The van der Waals surface area contributed by atoms with E-state index in [1.54, 1.807) is 24.2 Å². The summed E-state index contributed by atoms with van der Waals surface area (Å²) in [4.78, 5) is 8.73. The maximum absolute atomic E-state index is 4.67. The quantitative estimate of drug-likeness (QED) is 0.386.